The monoisotopic (exact) mass is 263 g/mol. The van der Waals surface area contributed by atoms with Crippen LogP contribution in [0.25, 0.3) is 10.9 Å². The Hall–Kier alpha value is -1.72. The van der Waals surface area contributed by atoms with Crippen molar-refractivity contribution in [3.8, 4) is 0 Å². The van der Waals surface area contributed by atoms with Crippen molar-refractivity contribution in [1.29, 1.82) is 0 Å². The average Bonchev–Trinajstić information content (AvgIpc) is 2.33. The largest absolute Gasteiger partial charge is 0.377 e. The standard InChI is InChI=1S/C12H10ClN3O2/c13-12-15-10-2-1-7(4-17)3-9(10)11(16-12)14-8-5-18-6-8/h1-4,8H,5-6H2,(H,14,15,16). The number of carbonyl (C=O) groups excluding carboxylic acids is 1. The van der Waals surface area contributed by atoms with Crippen LogP contribution in [0.4, 0.5) is 5.82 Å². The Labute approximate surface area is 108 Å². The molecule has 18 heavy (non-hydrogen) atoms. The van der Waals surface area contributed by atoms with Gasteiger partial charge >= 0.3 is 0 Å². The van der Waals surface area contributed by atoms with Crippen LogP contribution in [0.5, 0.6) is 0 Å². The van der Waals surface area contributed by atoms with E-state index in [1.165, 1.54) is 0 Å². The molecule has 1 aliphatic heterocycles. The first kappa shape index (κ1) is 11.4. The Kier molecular flexibility index (Phi) is 2.85. The predicted molar refractivity (Wildman–Crippen MR) is 68.2 cm³/mol. The van der Waals surface area contributed by atoms with Gasteiger partial charge in [0.15, 0.2) is 0 Å². The molecule has 1 saturated heterocycles. The van der Waals surface area contributed by atoms with E-state index in [1.54, 1.807) is 18.2 Å². The average molecular weight is 264 g/mol. The summed E-state index contributed by atoms with van der Waals surface area (Å²) in [6.07, 6.45) is 0.796. The van der Waals surface area contributed by atoms with Crippen molar-refractivity contribution in [2.45, 2.75) is 6.04 Å². The normalized spacial score (nSPS) is 15.4. The van der Waals surface area contributed by atoms with Crippen LogP contribution in [0.2, 0.25) is 5.28 Å². The first-order valence-electron chi connectivity index (χ1n) is 5.53. The zero-order valence-corrected chi connectivity index (χ0v) is 10.1. The maximum Gasteiger partial charge on any atom is 0.224 e. The third-order valence-electron chi connectivity index (χ3n) is 2.81. The molecule has 1 fully saturated rings. The van der Waals surface area contributed by atoms with Crippen LogP contribution in [0.3, 0.4) is 0 Å². The van der Waals surface area contributed by atoms with Gasteiger partial charge in [0.2, 0.25) is 5.28 Å². The first-order valence-corrected chi connectivity index (χ1v) is 5.91. The van der Waals surface area contributed by atoms with E-state index in [-0.39, 0.29) is 11.3 Å². The fourth-order valence-electron chi connectivity index (χ4n) is 1.81. The quantitative estimate of drug-likeness (QED) is 0.677. The maximum atomic E-state index is 10.8. The molecule has 3 rings (SSSR count). The van der Waals surface area contributed by atoms with Crippen LogP contribution in [0, 0.1) is 0 Å². The number of aromatic nitrogens is 2. The number of aldehydes is 1. The molecule has 0 amide bonds. The molecule has 0 bridgehead atoms. The minimum atomic E-state index is 0.184. The third kappa shape index (κ3) is 2.02. The molecule has 2 aromatic rings. The summed E-state index contributed by atoms with van der Waals surface area (Å²) in [5.74, 6) is 0.641. The lowest BCUT2D eigenvalue weighted by Gasteiger charge is -2.27. The summed E-state index contributed by atoms with van der Waals surface area (Å²) in [5.41, 5.74) is 1.30. The number of nitrogens with one attached hydrogen (secondary N) is 1. The van der Waals surface area contributed by atoms with Crippen LogP contribution in [0.1, 0.15) is 10.4 Å². The summed E-state index contributed by atoms with van der Waals surface area (Å²) in [7, 11) is 0. The summed E-state index contributed by atoms with van der Waals surface area (Å²) >= 11 is 5.88. The summed E-state index contributed by atoms with van der Waals surface area (Å²) in [6, 6.07) is 5.45. The summed E-state index contributed by atoms with van der Waals surface area (Å²) < 4.78 is 5.10. The molecule has 2 heterocycles. The number of rotatable bonds is 3. The molecular formula is C12H10ClN3O2. The second-order valence-corrected chi connectivity index (χ2v) is 4.45. The fraction of sp³-hybridized carbons (Fsp3) is 0.250. The Morgan fingerprint density at radius 1 is 1.39 bits per heavy atom. The number of halogens is 1. The molecule has 1 aromatic carbocycles. The lowest BCUT2D eigenvalue weighted by atomic mass is 10.1. The number of nitrogens with zero attached hydrogens (tertiary/aromatic N) is 2. The van der Waals surface area contributed by atoms with Crippen molar-refractivity contribution < 1.29 is 9.53 Å². The number of hydrogen-bond donors (Lipinski definition) is 1. The van der Waals surface area contributed by atoms with E-state index in [1.807, 2.05) is 0 Å². The van der Waals surface area contributed by atoms with Crippen molar-refractivity contribution in [3.05, 3.63) is 29.0 Å². The van der Waals surface area contributed by atoms with Gasteiger partial charge < -0.3 is 10.1 Å². The van der Waals surface area contributed by atoms with E-state index in [9.17, 15) is 4.79 Å². The molecule has 92 valence electrons. The van der Waals surface area contributed by atoms with Gasteiger partial charge in [0.1, 0.15) is 12.1 Å². The van der Waals surface area contributed by atoms with Crippen molar-refractivity contribution >= 4 is 34.6 Å². The molecule has 0 radical (unpaired) electrons. The highest BCUT2D eigenvalue weighted by atomic mass is 35.5. The van der Waals surface area contributed by atoms with Crippen molar-refractivity contribution in [3.63, 3.8) is 0 Å². The Balaban J connectivity index is 2.10. The van der Waals surface area contributed by atoms with Gasteiger partial charge in [0.05, 0.1) is 24.8 Å². The van der Waals surface area contributed by atoms with E-state index in [2.05, 4.69) is 15.3 Å². The molecular weight excluding hydrogens is 254 g/mol. The SMILES string of the molecule is O=Cc1ccc2nc(Cl)nc(NC3COC3)c2c1. The van der Waals surface area contributed by atoms with Crippen molar-refractivity contribution in [2.75, 3.05) is 18.5 Å². The molecule has 5 nitrogen and oxygen atoms in total. The van der Waals surface area contributed by atoms with Crippen LogP contribution < -0.4 is 5.32 Å². The summed E-state index contributed by atoms with van der Waals surface area (Å²) in [4.78, 5) is 19.1. The van der Waals surface area contributed by atoms with Gasteiger partial charge in [-0.15, -0.1) is 0 Å². The topological polar surface area (TPSA) is 64.1 Å². The van der Waals surface area contributed by atoms with Crippen LogP contribution in [-0.4, -0.2) is 35.5 Å². The molecule has 0 unspecified atom stereocenters. The molecule has 0 saturated carbocycles. The van der Waals surface area contributed by atoms with Crippen LogP contribution >= 0.6 is 11.6 Å². The lowest BCUT2D eigenvalue weighted by Crippen LogP contribution is -2.40. The van der Waals surface area contributed by atoms with Gasteiger partial charge in [-0.05, 0) is 29.8 Å². The molecule has 1 N–H and O–H groups in total. The van der Waals surface area contributed by atoms with Gasteiger partial charge in [0.25, 0.3) is 0 Å². The highest BCUT2D eigenvalue weighted by molar-refractivity contribution is 6.28. The van der Waals surface area contributed by atoms with E-state index >= 15 is 0 Å². The Morgan fingerprint density at radius 2 is 2.22 bits per heavy atom. The van der Waals surface area contributed by atoms with Crippen molar-refractivity contribution in [1.82, 2.24) is 9.97 Å². The van der Waals surface area contributed by atoms with Gasteiger partial charge in [-0.2, -0.15) is 0 Å². The van der Waals surface area contributed by atoms with Crippen LogP contribution in [-0.2, 0) is 4.74 Å². The zero-order valence-electron chi connectivity index (χ0n) is 9.39. The van der Waals surface area contributed by atoms with E-state index in [4.69, 9.17) is 16.3 Å². The smallest absolute Gasteiger partial charge is 0.224 e. The van der Waals surface area contributed by atoms with Gasteiger partial charge in [-0.25, -0.2) is 9.97 Å². The summed E-state index contributed by atoms with van der Waals surface area (Å²) in [6.45, 7) is 1.30. The van der Waals surface area contributed by atoms with E-state index < -0.39 is 0 Å². The summed E-state index contributed by atoms with van der Waals surface area (Å²) in [5, 5.41) is 4.21. The van der Waals surface area contributed by atoms with Gasteiger partial charge in [-0.3, -0.25) is 4.79 Å². The molecule has 1 aliphatic rings. The second-order valence-electron chi connectivity index (χ2n) is 4.11. The number of fused-ring (bicyclic) bond motifs is 1. The Bertz CT molecular complexity index is 614. The highest BCUT2D eigenvalue weighted by Crippen LogP contribution is 2.24. The van der Waals surface area contributed by atoms with Crippen LogP contribution in [0.15, 0.2) is 18.2 Å². The molecule has 1 aromatic heterocycles. The number of carbonyl (C=O) groups is 1. The number of anilines is 1. The van der Waals surface area contributed by atoms with E-state index in [0.29, 0.717) is 30.1 Å². The predicted octanol–water partition coefficient (Wildman–Crippen LogP) is 1.91. The maximum absolute atomic E-state index is 10.8. The second kappa shape index (κ2) is 4.51. The molecule has 0 atom stereocenters. The first-order chi connectivity index (χ1) is 8.76. The van der Waals surface area contributed by atoms with Crippen molar-refractivity contribution in [2.24, 2.45) is 0 Å². The number of hydrogen-bond acceptors (Lipinski definition) is 5. The number of benzene rings is 1. The number of ether oxygens (including phenoxy) is 1. The lowest BCUT2D eigenvalue weighted by molar-refractivity contribution is 0.0210. The third-order valence-corrected chi connectivity index (χ3v) is 2.98. The molecule has 0 spiro atoms. The molecule has 6 heteroatoms. The minimum Gasteiger partial charge on any atom is -0.377 e. The Morgan fingerprint density at radius 3 is 2.89 bits per heavy atom. The minimum absolute atomic E-state index is 0.184. The fourth-order valence-corrected chi connectivity index (χ4v) is 1.99. The van der Waals surface area contributed by atoms with Gasteiger partial charge in [0, 0.05) is 10.9 Å². The highest BCUT2D eigenvalue weighted by Gasteiger charge is 2.20. The van der Waals surface area contributed by atoms with Gasteiger partial charge in [-0.1, -0.05) is 0 Å². The molecule has 0 aliphatic carbocycles. The van der Waals surface area contributed by atoms with E-state index in [0.717, 1.165) is 11.7 Å². The zero-order chi connectivity index (χ0) is 12.5.